The maximum absolute atomic E-state index is 10.7. The highest BCUT2D eigenvalue weighted by molar-refractivity contribution is 7.23. The lowest BCUT2D eigenvalue weighted by Gasteiger charge is -1.96. The molecule has 2 aromatic carbocycles. The lowest BCUT2D eigenvalue weighted by atomic mass is 10.1. The monoisotopic (exact) mass is 309 g/mol. The van der Waals surface area contributed by atoms with Crippen molar-refractivity contribution in [2.45, 2.75) is 6.92 Å². The van der Waals surface area contributed by atoms with E-state index in [2.05, 4.69) is 34.5 Å². The van der Waals surface area contributed by atoms with Gasteiger partial charge in [-0.15, -0.1) is 0 Å². The maximum Gasteiger partial charge on any atom is 0.269 e. The molecule has 0 aliphatic carbocycles. The second kappa shape index (κ2) is 4.64. The highest BCUT2D eigenvalue weighted by Gasteiger charge is 2.11. The van der Waals surface area contributed by atoms with Crippen molar-refractivity contribution in [3.05, 3.63) is 64.3 Å². The summed E-state index contributed by atoms with van der Waals surface area (Å²) in [7, 11) is 0. The van der Waals surface area contributed by atoms with Crippen LogP contribution in [-0.2, 0) is 0 Å². The van der Waals surface area contributed by atoms with Crippen LogP contribution in [0.3, 0.4) is 0 Å². The number of non-ortho nitro benzene ring substituents is 1. The van der Waals surface area contributed by atoms with Crippen molar-refractivity contribution < 1.29 is 4.92 Å². The van der Waals surface area contributed by atoms with Crippen LogP contribution in [0.1, 0.15) is 5.56 Å². The molecule has 0 amide bonds. The van der Waals surface area contributed by atoms with Crippen LogP contribution in [0, 0.1) is 17.0 Å². The van der Waals surface area contributed by atoms with Crippen molar-refractivity contribution >= 4 is 32.2 Å². The van der Waals surface area contributed by atoms with E-state index in [0.29, 0.717) is 0 Å². The standard InChI is InChI=1S/C16H11N3O2S/c1-10-2-7-15-14(8-10)18-9-13(17-16(18)22-15)11-3-5-12(6-4-11)19(20)21/h2-9H,1H3. The first kappa shape index (κ1) is 13.0. The zero-order valence-electron chi connectivity index (χ0n) is 11.7. The van der Waals surface area contributed by atoms with Gasteiger partial charge in [0.15, 0.2) is 4.96 Å². The number of aryl methyl sites for hydroxylation is 1. The predicted octanol–water partition coefficient (Wildman–Crippen LogP) is 4.43. The average molecular weight is 309 g/mol. The van der Waals surface area contributed by atoms with Crippen LogP contribution >= 0.6 is 11.3 Å². The third-order valence-electron chi connectivity index (χ3n) is 3.62. The van der Waals surface area contributed by atoms with Crippen LogP contribution in [0.15, 0.2) is 48.7 Å². The van der Waals surface area contributed by atoms with E-state index in [1.54, 1.807) is 23.5 Å². The Morgan fingerprint density at radius 3 is 2.68 bits per heavy atom. The highest BCUT2D eigenvalue weighted by Crippen LogP contribution is 2.30. The van der Waals surface area contributed by atoms with Gasteiger partial charge >= 0.3 is 0 Å². The molecule has 0 N–H and O–H groups in total. The largest absolute Gasteiger partial charge is 0.290 e. The molecule has 0 bridgehead atoms. The molecule has 108 valence electrons. The topological polar surface area (TPSA) is 60.4 Å². The Balaban J connectivity index is 1.85. The molecular formula is C16H11N3O2S. The van der Waals surface area contributed by atoms with Crippen LogP contribution in [0.25, 0.3) is 26.4 Å². The van der Waals surface area contributed by atoms with Crippen LogP contribution in [0.5, 0.6) is 0 Å². The quantitative estimate of drug-likeness (QED) is 0.406. The van der Waals surface area contributed by atoms with E-state index in [4.69, 9.17) is 0 Å². The zero-order chi connectivity index (χ0) is 15.3. The lowest BCUT2D eigenvalue weighted by molar-refractivity contribution is -0.384. The first-order chi connectivity index (χ1) is 10.6. The van der Waals surface area contributed by atoms with Gasteiger partial charge in [-0.25, -0.2) is 4.98 Å². The van der Waals surface area contributed by atoms with Crippen molar-refractivity contribution in [2.24, 2.45) is 0 Å². The van der Waals surface area contributed by atoms with Crippen LogP contribution in [0.4, 0.5) is 5.69 Å². The average Bonchev–Trinajstić information content (AvgIpc) is 3.05. The van der Waals surface area contributed by atoms with Crippen molar-refractivity contribution in [3.63, 3.8) is 0 Å². The molecule has 2 heterocycles. The van der Waals surface area contributed by atoms with Gasteiger partial charge in [0.1, 0.15) is 0 Å². The molecule has 22 heavy (non-hydrogen) atoms. The zero-order valence-corrected chi connectivity index (χ0v) is 12.5. The second-order valence-electron chi connectivity index (χ2n) is 5.16. The van der Waals surface area contributed by atoms with Gasteiger partial charge in [-0.3, -0.25) is 14.5 Å². The Labute approximate surface area is 129 Å². The minimum Gasteiger partial charge on any atom is -0.290 e. The number of nitrogens with zero attached hydrogens (tertiary/aromatic N) is 3. The van der Waals surface area contributed by atoms with E-state index in [1.807, 2.05) is 6.20 Å². The molecule has 0 radical (unpaired) electrons. The Bertz CT molecular complexity index is 1020. The van der Waals surface area contributed by atoms with Gasteiger partial charge in [-0.1, -0.05) is 17.4 Å². The molecule has 2 aromatic heterocycles. The smallest absolute Gasteiger partial charge is 0.269 e. The van der Waals surface area contributed by atoms with E-state index >= 15 is 0 Å². The summed E-state index contributed by atoms with van der Waals surface area (Å²) < 4.78 is 3.27. The molecule has 0 spiro atoms. The fourth-order valence-corrected chi connectivity index (χ4v) is 3.49. The maximum atomic E-state index is 10.7. The summed E-state index contributed by atoms with van der Waals surface area (Å²) in [6.07, 6.45) is 1.98. The van der Waals surface area contributed by atoms with Crippen molar-refractivity contribution in [2.75, 3.05) is 0 Å². The fourth-order valence-electron chi connectivity index (χ4n) is 2.50. The Morgan fingerprint density at radius 2 is 1.95 bits per heavy atom. The van der Waals surface area contributed by atoms with Crippen LogP contribution in [-0.4, -0.2) is 14.3 Å². The molecule has 0 fully saturated rings. The number of rotatable bonds is 2. The lowest BCUT2D eigenvalue weighted by Crippen LogP contribution is -1.87. The van der Waals surface area contributed by atoms with E-state index in [0.717, 1.165) is 21.7 Å². The highest BCUT2D eigenvalue weighted by atomic mass is 32.1. The number of nitro benzene ring substituents is 1. The van der Waals surface area contributed by atoms with Gasteiger partial charge in [0.2, 0.25) is 0 Å². The number of hydrogen-bond acceptors (Lipinski definition) is 4. The first-order valence-electron chi connectivity index (χ1n) is 6.75. The SMILES string of the molecule is Cc1ccc2sc3nc(-c4ccc([N+](=O)[O-])cc4)cn3c2c1. The number of thiazole rings is 1. The predicted molar refractivity (Wildman–Crippen MR) is 87.4 cm³/mol. The molecule has 0 unspecified atom stereocenters. The fraction of sp³-hybridized carbons (Fsp3) is 0.0625. The Kier molecular flexibility index (Phi) is 2.74. The number of hydrogen-bond donors (Lipinski definition) is 0. The van der Waals surface area contributed by atoms with Gasteiger partial charge in [-0.05, 0) is 36.8 Å². The van der Waals surface area contributed by atoms with Crippen molar-refractivity contribution in [3.8, 4) is 11.3 Å². The summed E-state index contributed by atoms with van der Waals surface area (Å²) in [5.74, 6) is 0. The number of aromatic nitrogens is 2. The summed E-state index contributed by atoms with van der Waals surface area (Å²) >= 11 is 1.64. The van der Waals surface area contributed by atoms with Crippen molar-refractivity contribution in [1.29, 1.82) is 0 Å². The molecule has 6 heteroatoms. The molecule has 4 aromatic rings. The van der Waals surface area contributed by atoms with E-state index in [9.17, 15) is 10.1 Å². The number of fused-ring (bicyclic) bond motifs is 3. The summed E-state index contributed by atoms with van der Waals surface area (Å²) in [6.45, 7) is 2.07. The third kappa shape index (κ3) is 1.96. The molecule has 0 aliphatic rings. The Morgan fingerprint density at radius 1 is 1.18 bits per heavy atom. The van der Waals surface area contributed by atoms with Gasteiger partial charge < -0.3 is 0 Å². The molecular weight excluding hydrogens is 298 g/mol. The summed E-state index contributed by atoms with van der Waals surface area (Å²) in [6, 6.07) is 12.8. The summed E-state index contributed by atoms with van der Waals surface area (Å²) in [4.78, 5) is 15.9. The number of nitro groups is 1. The summed E-state index contributed by atoms with van der Waals surface area (Å²) in [5, 5.41) is 10.7. The molecule has 4 rings (SSSR count). The molecule has 0 saturated heterocycles. The third-order valence-corrected chi connectivity index (χ3v) is 4.66. The van der Waals surface area contributed by atoms with Crippen LogP contribution < -0.4 is 0 Å². The van der Waals surface area contributed by atoms with E-state index < -0.39 is 4.92 Å². The molecule has 5 nitrogen and oxygen atoms in total. The van der Waals surface area contributed by atoms with Crippen molar-refractivity contribution in [1.82, 2.24) is 9.38 Å². The first-order valence-corrected chi connectivity index (χ1v) is 7.56. The summed E-state index contributed by atoms with van der Waals surface area (Å²) in [5.41, 5.74) is 4.14. The van der Waals surface area contributed by atoms with Gasteiger partial charge in [-0.2, -0.15) is 0 Å². The molecule has 0 aliphatic heterocycles. The number of imidazole rings is 1. The van der Waals surface area contributed by atoms with E-state index in [1.165, 1.54) is 22.4 Å². The van der Waals surface area contributed by atoms with E-state index in [-0.39, 0.29) is 5.69 Å². The minimum absolute atomic E-state index is 0.0887. The van der Waals surface area contributed by atoms with Crippen LogP contribution in [0.2, 0.25) is 0 Å². The van der Waals surface area contributed by atoms with Gasteiger partial charge in [0.25, 0.3) is 5.69 Å². The van der Waals surface area contributed by atoms with Gasteiger partial charge in [0.05, 0.1) is 20.8 Å². The molecule has 0 saturated carbocycles. The normalized spacial score (nSPS) is 11.3. The number of benzene rings is 2. The molecule has 0 atom stereocenters. The Hall–Kier alpha value is -2.73. The minimum atomic E-state index is -0.397. The second-order valence-corrected chi connectivity index (χ2v) is 6.17. The van der Waals surface area contributed by atoms with Gasteiger partial charge in [0, 0.05) is 23.9 Å².